The highest BCUT2D eigenvalue weighted by Crippen LogP contribution is 2.55. The average Bonchev–Trinajstić information content (AvgIpc) is 3.65. The second-order valence-corrected chi connectivity index (χ2v) is 15.0. The summed E-state index contributed by atoms with van der Waals surface area (Å²) < 4.78 is 6.25. The number of hydrogen-bond acceptors (Lipinski definition) is 2. The molecule has 5 aromatic carbocycles. The Morgan fingerprint density at radius 3 is 2.20 bits per heavy atom. The van der Waals surface area contributed by atoms with Crippen molar-refractivity contribution in [2.45, 2.75) is 53.4 Å². The van der Waals surface area contributed by atoms with Gasteiger partial charge >= 0.3 is 0 Å². The van der Waals surface area contributed by atoms with Crippen LogP contribution >= 0.6 is 0 Å². The molecule has 0 spiro atoms. The average molecular weight is 730 g/mol. The van der Waals surface area contributed by atoms with Crippen LogP contribution in [0.15, 0.2) is 152 Å². The maximum atomic E-state index is 6.25. The Morgan fingerprint density at radius 1 is 0.786 bits per heavy atom. The molecular formula is C54H51NO. The number of furan rings is 1. The summed E-state index contributed by atoms with van der Waals surface area (Å²) in [5.74, 6) is 0. The van der Waals surface area contributed by atoms with E-state index >= 15 is 0 Å². The van der Waals surface area contributed by atoms with Crippen LogP contribution in [0.1, 0.15) is 73.6 Å². The van der Waals surface area contributed by atoms with Gasteiger partial charge in [-0.1, -0.05) is 151 Å². The van der Waals surface area contributed by atoms with Crippen LogP contribution < -0.4 is 15.5 Å². The van der Waals surface area contributed by atoms with E-state index in [0.29, 0.717) is 5.42 Å². The molecule has 0 radical (unpaired) electrons. The van der Waals surface area contributed by atoms with Gasteiger partial charge in [0.25, 0.3) is 0 Å². The fourth-order valence-electron chi connectivity index (χ4n) is 8.89. The van der Waals surface area contributed by atoms with Gasteiger partial charge in [0.2, 0.25) is 0 Å². The van der Waals surface area contributed by atoms with Gasteiger partial charge in [0.05, 0.1) is 16.6 Å². The van der Waals surface area contributed by atoms with Gasteiger partial charge in [0.15, 0.2) is 0 Å². The maximum absolute atomic E-state index is 6.25. The molecule has 1 aliphatic rings. The van der Waals surface area contributed by atoms with Crippen molar-refractivity contribution in [3.05, 3.63) is 197 Å². The van der Waals surface area contributed by atoms with E-state index in [0.717, 1.165) is 56.4 Å². The number of hydrogen-bond donors (Lipinski definition) is 0. The lowest BCUT2D eigenvalue weighted by Crippen LogP contribution is -2.30. The molecule has 278 valence electrons. The van der Waals surface area contributed by atoms with Crippen molar-refractivity contribution in [3.8, 4) is 22.3 Å². The van der Waals surface area contributed by atoms with E-state index in [-0.39, 0.29) is 5.41 Å². The number of para-hydroxylation sites is 2. The summed E-state index contributed by atoms with van der Waals surface area (Å²) in [6.07, 6.45) is 13.0. The Morgan fingerprint density at radius 2 is 1.52 bits per heavy atom. The van der Waals surface area contributed by atoms with Crippen molar-refractivity contribution in [1.82, 2.24) is 0 Å². The molecule has 2 nitrogen and oxygen atoms in total. The van der Waals surface area contributed by atoms with Crippen LogP contribution in [-0.4, -0.2) is 0 Å². The molecule has 1 aliphatic carbocycles. The molecule has 56 heavy (non-hydrogen) atoms. The summed E-state index contributed by atoms with van der Waals surface area (Å²) >= 11 is 0. The first kappa shape index (κ1) is 37.9. The molecule has 0 atom stereocenters. The lowest BCUT2D eigenvalue weighted by atomic mass is 9.80. The van der Waals surface area contributed by atoms with Gasteiger partial charge in [0, 0.05) is 22.1 Å². The SMILES string of the molecule is C=C/C(=C(C)\C=C/C)c1cccc(-c2ccc3c(c2)C(C)(C)c2cc(N(/C(C=C)=c4/c(=C)oc5ccccc45)c4ccccc4C)c(C=C)c(C=C)c2-3)c1CC. The number of nitrogens with zero attached hydrogens (tertiary/aromatic N) is 1. The maximum Gasteiger partial charge on any atom is 0.135 e. The Kier molecular flexibility index (Phi) is 10.2. The lowest BCUT2D eigenvalue weighted by Gasteiger charge is -2.32. The van der Waals surface area contributed by atoms with Crippen LogP contribution in [0, 0.1) is 6.92 Å². The Bertz CT molecular complexity index is 2780. The van der Waals surface area contributed by atoms with Crippen molar-refractivity contribution < 1.29 is 4.42 Å². The van der Waals surface area contributed by atoms with Crippen LogP contribution in [0.3, 0.4) is 0 Å². The van der Waals surface area contributed by atoms with E-state index in [1.54, 1.807) is 0 Å². The van der Waals surface area contributed by atoms with Gasteiger partial charge in [-0.05, 0) is 124 Å². The van der Waals surface area contributed by atoms with Gasteiger partial charge in [-0.3, -0.25) is 0 Å². The number of fused-ring (bicyclic) bond motifs is 4. The molecule has 0 unspecified atom stereocenters. The summed E-state index contributed by atoms with van der Waals surface area (Å²) in [6.45, 7) is 35.1. The van der Waals surface area contributed by atoms with E-state index in [1.807, 2.05) is 42.5 Å². The minimum Gasteiger partial charge on any atom is -0.457 e. The van der Waals surface area contributed by atoms with Crippen LogP contribution in [0.2, 0.25) is 0 Å². The van der Waals surface area contributed by atoms with Crippen molar-refractivity contribution in [2.75, 3.05) is 4.90 Å². The highest BCUT2D eigenvalue weighted by Gasteiger charge is 2.39. The first-order valence-electron chi connectivity index (χ1n) is 19.4. The van der Waals surface area contributed by atoms with Crippen molar-refractivity contribution >= 4 is 52.3 Å². The van der Waals surface area contributed by atoms with Gasteiger partial charge in [-0.25, -0.2) is 0 Å². The summed E-state index contributed by atoms with van der Waals surface area (Å²) in [4.78, 5) is 2.31. The van der Waals surface area contributed by atoms with Crippen LogP contribution in [0.5, 0.6) is 0 Å². The number of anilines is 2. The molecule has 2 heteroatoms. The molecule has 0 amide bonds. The topological polar surface area (TPSA) is 16.4 Å². The normalized spacial score (nSPS) is 13.9. The highest BCUT2D eigenvalue weighted by molar-refractivity contribution is 6.00. The van der Waals surface area contributed by atoms with E-state index in [1.165, 1.54) is 55.7 Å². The first-order chi connectivity index (χ1) is 27.1. The van der Waals surface area contributed by atoms with Crippen molar-refractivity contribution in [2.24, 2.45) is 0 Å². The zero-order valence-corrected chi connectivity index (χ0v) is 33.7. The predicted octanol–water partition coefficient (Wildman–Crippen LogP) is 13.6. The van der Waals surface area contributed by atoms with Crippen LogP contribution in [0.4, 0.5) is 11.4 Å². The monoisotopic (exact) mass is 729 g/mol. The molecule has 1 heterocycles. The highest BCUT2D eigenvalue weighted by atomic mass is 16.3. The summed E-state index contributed by atoms with van der Waals surface area (Å²) in [7, 11) is 0. The Balaban J connectivity index is 1.51. The van der Waals surface area contributed by atoms with Gasteiger partial charge < -0.3 is 9.32 Å². The Hall–Kier alpha value is -6.38. The number of allylic oxidation sites excluding steroid dienone is 5. The molecule has 0 saturated heterocycles. The third-order valence-corrected chi connectivity index (χ3v) is 11.6. The Labute approximate surface area is 332 Å². The van der Waals surface area contributed by atoms with Gasteiger partial charge in [-0.2, -0.15) is 0 Å². The van der Waals surface area contributed by atoms with Crippen molar-refractivity contribution in [1.29, 1.82) is 0 Å². The van der Waals surface area contributed by atoms with Crippen LogP contribution in [0.25, 0.3) is 63.2 Å². The lowest BCUT2D eigenvalue weighted by molar-refractivity contribution is 0.577. The predicted molar refractivity (Wildman–Crippen MR) is 245 cm³/mol. The summed E-state index contributed by atoms with van der Waals surface area (Å²) in [5, 5.41) is 1.89. The van der Waals surface area contributed by atoms with E-state index in [9.17, 15) is 0 Å². The van der Waals surface area contributed by atoms with Crippen LogP contribution in [-0.2, 0) is 11.8 Å². The third-order valence-electron chi connectivity index (χ3n) is 11.6. The van der Waals surface area contributed by atoms with Gasteiger partial charge in [0.1, 0.15) is 11.0 Å². The molecule has 0 fully saturated rings. The largest absolute Gasteiger partial charge is 0.457 e. The smallest absolute Gasteiger partial charge is 0.135 e. The van der Waals surface area contributed by atoms with E-state index in [4.69, 9.17) is 4.42 Å². The second kappa shape index (κ2) is 15.0. The minimum absolute atomic E-state index is 0.336. The quantitative estimate of drug-likeness (QED) is 0.123. The standard InChI is InChI=1S/C54H51NO/c1-12-23-34(7)38(13-2)43-27-22-26-42(39(43)14-3)37-30-31-44-46(32-37)54(10,11)47-33-50(40(15-4)41(16-5)53(44)47)55(49-28-20-18-24-35(49)8)48(17-6)52-36(9)56-51-29-21-19-25-45(51)52/h12-13,15-33H,2,4-6,9,14H2,1,3,7-8,10-11H3/b23-12-,38-34+,52-48-. The summed E-state index contributed by atoms with van der Waals surface area (Å²) in [5.41, 5.74) is 19.4. The number of aryl methyl sites for hydroxylation is 1. The molecular weight excluding hydrogens is 679 g/mol. The fraction of sp³-hybridized carbons (Fsp3) is 0.148. The molecule has 0 saturated carbocycles. The third kappa shape index (κ3) is 5.97. The fourth-order valence-corrected chi connectivity index (χ4v) is 8.89. The molecule has 1 aromatic heterocycles. The minimum atomic E-state index is -0.336. The van der Waals surface area contributed by atoms with Crippen molar-refractivity contribution in [3.63, 3.8) is 0 Å². The zero-order chi connectivity index (χ0) is 39.9. The van der Waals surface area contributed by atoms with E-state index < -0.39 is 0 Å². The van der Waals surface area contributed by atoms with E-state index in [2.05, 4.69) is 164 Å². The molecule has 6 aromatic rings. The second-order valence-electron chi connectivity index (χ2n) is 15.0. The summed E-state index contributed by atoms with van der Waals surface area (Å²) in [6, 6.07) is 32.6. The molecule has 0 N–H and O–H groups in total. The number of rotatable bonds is 11. The first-order valence-corrected chi connectivity index (χ1v) is 19.4. The zero-order valence-electron chi connectivity index (χ0n) is 33.7. The van der Waals surface area contributed by atoms with Gasteiger partial charge in [-0.15, -0.1) is 0 Å². The molecule has 0 aliphatic heterocycles. The number of benzene rings is 5. The molecule has 0 bridgehead atoms. The molecule has 7 rings (SSSR count).